The summed E-state index contributed by atoms with van der Waals surface area (Å²) in [4.78, 5) is 16.8. The van der Waals surface area contributed by atoms with Crippen molar-refractivity contribution in [2.24, 2.45) is 0 Å². The third-order valence-electron chi connectivity index (χ3n) is 13.0. The molecule has 8 rings (SSSR count). The fraction of sp³-hybridized carbons (Fsp3) is 0.182. The van der Waals surface area contributed by atoms with Gasteiger partial charge >= 0.3 is 49.4 Å². The summed E-state index contributed by atoms with van der Waals surface area (Å²) in [5.41, 5.74) is -27.2. The van der Waals surface area contributed by atoms with Gasteiger partial charge in [0.2, 0.25) is 18.0 Å². The van der Waals surface area contributed by atoms with Gasteiger partial charge < -0.3 is 0 Å². The zero-order chi connectivity index (χ0) is 61.7. The van der Waals surface area contributed by atoms with Gasteiger partial charge in [-0.05, 0) is 40.6 Å². The Morgan fingerprint density at radius 1 is 0.373 bits per heavy atom. The average Bonchev–Trinajstić information content (AvgIpc) is 0.979. The summed E-state index contributed by atoms with van der Waals surface area (Å²) in [6, 6.07) is 15.4. The van der Waals surface area contributed by atoms with Crippen LogP contribution in [0.2, 0.25) is 0 Å². The van der Waals surface area contributed by atoms with E-state index in [1.54, 1.807) is 6.20 Å². The minimum Gasteiger partial charge on any atom is -0.287 e. The zero-order valence-electron chi connectivity index (χ0n) is 41.0. The Morgan fingerprint density at radius 2 is 0.687 bits per heavy atom. The molecule has 1 heterocycles. The van der Waals surface area contributed by atoms with E-state index in [-0.39, 0.29) is 5.78 Å². The number of Topliss-reactive ketones (excluding diaryl/α,β-unsaturated/α-hetero) is 1. The number of halogens is 24. The van der Waals surface area contributed by atoms with E-state index in [1.165, 1.54) is 16.3 Å². The van der Waals surface area contributed by atoms with Crippen LogP contribution in [0, 0.1) is 0 Å². The maximum atomic E-state index is 14.2. The van der Waals surface area contributed by atoms with Crippen molar-refractivity contribution in [1.29, 1.82) is 0 Å². The number of benzene rings is 7. The van der Waals surface area contributed by atoms with Crippen molar-refractivity contribution in [3.8, 4) is 0 Å². The number of ketones is 1. The maximum Gasteiger partial charge on any atom is 0.416 e. The second kappa shape index (κ2) is 22.3. The van der Waals surface area contributed by atoms with Crippen LogP contribution < -0.4 is 26.4 Å². The molecular weight excluding hydrogens is 1170 g/mol. The minimum absolute atomic E-state index is 0.0987. The molecule has 3 nitrogen and oxygen atoms in total. The van der Waals surface area contributed by atoms with E-state index in [0.717, 1.165) is 17.7 Å². The van der Waals surface area contributed by atoms with Crippen LogP contribution in [0.1, 0.15) is 66.1 Å². The van der Waals surface area contributed by atoms with E-state index >= 15 is 0 Å². The number of aromatic nitrogens is 2. The molecule has 0 saturated heterocycles. The smallest absolute Gasteiger partial charge is 0.287 e. The Bertz CT molecular complexity index is 3230. The average molecular weight is 1200 g/mol. The summed E-state index contributed by atoms with van der Waals surface area (Å²) < 4.78 is 343. The van der Waals surface area contributed by atoms with Gasteiger partial charge in [0.05, 0.1) is 63.3 Å². The first-order chi connectivity index (χ1) is 38.1. The Labute approximate surface area is 451 Å². The van der Waals surface area contributed by atoms with Crippen molar-refractivity contribution in [3.05, 3.63) is 226 Å². The van der Waals surface area contributed by atoms with Gasteiger partial charge in [0.25, 0.3) is 0 Å². The molecule has 0 saturated carbocycles. The number of alkyl halides is 24. The Kier molecular flexibility index (Phi) is 16.8. The highest BCUT2D eigenvalue weighted by molar-refractivity contribution is 7.20. The monoisotopic (exact) mass is 1200 g/mol. The molecule has 0 atom stereocenters. The lowest BCUT2D eigenvalue weighted by atomic mass is 9.12. The van der Waals surface area contributed by atoms with Crippen LogP contribution in [0.4, 0.5) is 105 Å². The summed E-state index contributed by atoms with van der Waals surface area (Å²) in [7, 11) is 0. The van der Waals surface area contributed by atoms with Crippen molar-refractivity contribution in [1.82, 2.24) is 4.98 Å². The van der Waals surface area contributed by atoms with Gasteiger partial charge in [0.15, 0.2) is 6.20 Å². The quantitative estimate of drug-likeness (QED) is 0.0625. The Morgan fingerprint density at radius 3 is 1.01 bits per heavy atom. The molecule has 0 spiro atoms. The predicted molar refractivity (Wildman–Crippen MR) is 252 cm³/mol. The SMILES string of the molecule is FC(F)(F)c1cc([B-](c2cc(C(F)(F)F)cc(C(F)(F)F)c2)(c2cc(C(F)(F)F)cc(C(F)(F)F)c2)c2cc(C(F)(F)F)cc(C(F)(F)F)c2)cc(C(F)(F)F)c1.O=C(C[n+]1ccncc1Cc1ccc2ccccc2c1)c1ccccc1. The summed E-state index contributed by atoms with van der Waals surface area (Å²) in [5, 5.41) is 2.45. The van der Waals surface area contributed by atoms with Crippen LogP contribution in [0.25, 0.3) is 10.8 Å². The largest absolute Gasteiger partial charge is 0.416 e. The van der Waals surface area contributed by atoms with Gasteiger partial charge in [-0.3, -0.25) is 9.78 Å². The molecule has 0 radical (unpaired) electrons. The molecular formula is C55H31BF24N2O. The summed E-state index contributed by atoms with van der Waals surface area (Å²) >= 11 is 0. The fourth-order valence-electron chi connectivity index (χ4n) is 9.22. The number of nitrogens with zero attached hydrogens (tertiary/aromatic N) is 2. The van der Waals surface area contributed by atoms with Crippen LogP contribution in [0.5, 0.6) is 0 Å². The van der Waals surface area contributed by atoms with E-state index in [0.29, 0.717) is 6.54 Å². The van der Waals surface area contributed by atoms with Crippen molar-refractivity contribution in [3.63, 3.8) is 0 Å². The molecule has 438 valence electrons. The van der Waals surface area contributed by atoms with E-state index in [1.807, 2.05) is 53.4 Å². The molecule has 0 fully saturated rings. The fourth-order valence-corrected chi connectivity index (χ4v) is 9.22. The second-order valence-corrected chi connectivity index (χ2v) is 18.6. The molecule has 7 aromatic carbocycles. The first kappa shape index (κ1) is 62.5. The van der Waals surface area contributed by atoms with Gasteiger partial charge in [-0.15, -0.1) is 0 Å². The maximum absolute atomic E-state index is 14.2. The molecule has 0 aliphatic heterocycles. The highest BCUT2D eigenvalue weighted by Gasteiger charge is 2.47. The third kappa shape index (κ3) is 14.4. The zero-order valence-corrected chi connectivity index (χ0v) is 41.0. The molecule has 0 bridgehead atoms. The molecule has 0 N–H and O–H groups in total. The minimum atomic E-state index is -6.13. The summed E-state index contributed by atoms with van der Waals surface area (Å²) in [5.74, 6) is 0.0987. The summed E-state index contributed by atoms with van der Waals surface area (Å²) in [6.07, 6.45) is -48.6. The highest BCUT2D eigenvalue weighted by atomic mass is 19.4. The van der Waals surface area contributed by atoms with Crippen molar-refractivity contribution in [2.45, 2.75) is 62.4 Å². The Balaban J connectivity index is 0.000000313. The molecule has 8 aromatic rings. The lowest BCUT2D eigenvalue weighted by molar-refractivity contribution is -0.690. The number of fused-ring (bicyclic) bond motifs is 1. The highest BCUT2D eigenvalue weighted by Crippen LogP contribution is 2.41. The standard InChI is InChI=1S/C32H12BF24.C23H19N2O/c34-25(35,36)13-1-14(26(37,38)39)6-21(5-13)33(22-7-15(27(40,41)42)2-16(8-22)28(43,44)45,23-9-17(29(46,47)48)3-18(10-23)30(49,50)51)24-11-19(31(52,53)54)4-20(12-24)32(55,56)57;26-23(20-7-2-1-3-8-20)17-25-13-12-24-16-22(25)15-18-10-11-19-6-4-5-9-21(19)14-18/h1-12H;1-14,16H,15,17H2/q-1;+1. The predicted octanol–water partition coefficient (Wildman–Crippen LogP) is 15.2. The van der Waals surface area contributed by atoms with Crippen LogP contribution in [0.3, 0.4) is 0 Å². The van der Waals surface area contributed by atoms with Gasteiger partial charge in [-0.25, -0.2) is 0 Å². The molecule has 0 aliphatic rings. The van der Waals surface area contributed by atoms with Crippen LogP contribution in [-0.2, 0) is 62.4 Å². The molecule has 83 heavy (non-hydrogen) atoms. The van der Waals surface area contributed by atoms with Gasteiger partial charge in [0.1, 0.15) is 6.15 Å². The molecule has 0 unspecified atom stereocenters. The normalized spacial score (nSPS) is 13.2. The van der Waals surface area contributed by atoms with E-state index in [9.17, 15) is 110 Å². The number of carbonyl (C=O) groups excluding carboxylic acids is 1. The summed E-state index contributed by atoms with van der Waals surface area (Å²) in [6.45, 7) is 0.315. The van der Waals surface area contributed by atoms with Gasteiger partial charge in [-0.2, -0.15) is 132 Å². The number of hydrogen-bond acceptors (Lipinski definition) is 2. The van der Waals surface area contributed by atoms with E-state index in [2.05, 4.69) is 41.4 Å². The third-order valence-corrected chi connectivity index (χ3v) is 13.0. The lowest BCUT2D eigenvalue weighted by Gasteiger charge is -2.46. The number of rotatable bonds is 9. The van der Waals surface area contributed by atoms with Gasteiger partial charge in [-0.1, -0.05) is 121 Å². The Hall–Kier alpha value is -8.07. The lowest BCUT2D eigenvalue weighted by Crippen LogP contribution is -2.75. The van der Waals surface area contributed by atoms with E-state index < -0.39 is 195 Å². The molecule has 1 aromatic heterocycles. The van der Waals surface area contributed by atoms with Crippen molar-refractivity contribution in [2.75, 3.05) is 0 Å². The van der Waals surface area contributed by atoms with Crippen LogP contribution in [-0.4, -0.2) is 16.9 Å². The topological polar surface area (TPSA) is 33.8 Å². The van der Waals surface area contributed by atoms with Crippen molar-refractivity contribution < 1.29 is 115 Å². The van der Waals surface area contributed by atoms with Crippen molar-refractivity contribution >= 4 is 44.6 Å². The number of hydrogen-bond donors (Lipinski definition) is 0. The second-order valence-electron chi connectivity index (χ2n) is 18.6. The molecule has 0 amide bonds. The molecule has 28 heteroatoms. The number of carbonyl (C=O) groups is 1. The first-order valence-corrected chi connectivity index (χ1v) is 23.3. The molecule has 0 aliphatic carbocycles. The van der Waals surface area contributed by atoms with Gasteiger partial charge in [0, 0.05) is 5.56 Å². The first-order valence-electron chi connectivity index (χ1n) is 23.3. The van der Waals surface area contributed by atoms with E-state index in [4.69, 9.17) is 0 Å². The van der Waals surface area contributed by atoms with Crippen LogP contribution >= 0.6 is 0 Å². The van der Waals surface area contributed by atoms with Crippen LogP contribution in [0.15, 0.2) is 164 Å².